The second-order valence-corrected chi connectivity index (χ2v) is 3.72. The summed E-state index contributed by atoms with van der Waals surface area (Å²) >= 11 is 0. The normalized spacial score (nSPS) is 17.9. The number of hydrogen-bond donors (Lipinski definition) is 1. The third kappa shape index (κ3) is 2.64. The van der Waals surface area contributed by atoms with Crippen molar-refractivity contribution in [3.05, 3.63) is 17.6 Å². The number of rotatable bonds is 2. The molecule has 0 bridgehead atoms. The summed E-state index contributed by atoms with van der Waals surface area (Å²) in [6.07, 6.45) is 1.81. The van der Waals surface area contributed by atoms with Gasteiger partial charge in [0.25, 0.3) is 0 Å². The first-order valence-electron chi connectivity index (χ1n) is 5.14. The van der Waals surface area contributed by atoms with Crippen LogP contribution in [0.5, 0.6) is 0 Å². The third-order valence-electron chi connectivity index (χ3n) is 2.52. The molecule has 82 valence electrons. The number of ether oxygens (including phenoxy) is 1. The Morgan fingerprint density at radius 3 is 2.87 bits per heavy atom. The monoisotopic (exact) mass is 208 g/mol. The molecular formula is C10H16N4O. The first kappa shape index (κ1) is 10.3. The summed E-state index contributed by atoms with van der Waals surface area (Å²) in [5, 5.41) is 0. The molecule has 1 fully saturated rings. The van der Waals surface area contributed by atoms with Crippen LogP contribution in [0.3, 0.4) is 0 Å². The molecular weight excluding hydrogens is 192 g/mol. The average molecular weight is 208 g/mol. The van der Waals surface area contributed by atoms with Gasteiger partial charge in [0.05, 0.1) is 13.2 Å². The molecule has 1 saturated heterocycles. The van der Waals surface area contributed by atoms with E-state index < -0.39 is 0 Å². The lowest BCUT2D eigenvalue weighted by Gasteiger charge is -2.26. The minimum atomic E-state index is 0.592. The molecule has 0 aromatic carbocycles. The lowest BCUT2D eigenvalue weighted by molar-refractivity contribution is 0.0342. The summed E-state index contributed by atoms with van der Waals surface area (Å²) in [6.45, 7) is 6.16. The summed E-state index contributed by atoms with van der Waals surface area (Å²) < 4.78 is 5.28. The van der Waals surface area contributed by atoms with Gasteiger partial charge in [0.1, 0.15) is 11.6 Å². The summed E-state index contributed by atoms with van der Waals surface area (Å²) in [6, 6.07) is 0. The fourth-order valence-electron chi connectivity index (χ4n) is 1.63. The van der Waals surface area contributed by atoms with Gasteiger partial charge in [-0.1, -0.05) is 0 Å². The smallest absolute Gasteiger partial charge is 0.131 e. The van der Waals surface area contributed by atoms with Gasteiger partial charge in [-0.2, -0.15) is 0 Å². The lowest BCUT2D eigenvalue weighted by atomic mass is 10.2. The highest BCUT2D eigenvalue weighted by molar-refractivity contribution is 5.37. The zero-order chi connectivity index (χ0) is 10.7. The van der Waals surface area contributed by atoms with E-state index in [-0.39, 0.29) is 0 Å². The minimum absolute atomic E-state index is 0.592. The van der Waals surface area contributed by atoms with Crippen LogP contribution in [-0.4, -0.2) is 41.2 Å². The van der Waals surface area contributed by atoms with Crippen molar-refractivity contribution in [2.75, 3.05) is 32.0 Å². The quantitative estimate of drug-likeness (QED) is 0.752. The van der Waals surface area contributed by atoms with Gasteiger partial charge in [-0.15, -0.1) is 0 Å². The predicted molar refractivity (Wildman–Crippen MR) is 57.3 cm³/mol. The minimum Gasteiger partial charge on any atom is -0.383 e. The van der Waals surface area contributed by atoms with E-state index in [2.05, 4.69) is 14.9 Å². The lowest BCUT2D eigenvalue weighted by Crippen LogP contribution is -2.35. The van der Waals surface area contributed by atoms with Crippen LogP contribution in [-0.2, 0) is 11.3 Å². The van der Waals surface area contributed by atoms with Crippen molar-refractivity contribution in [2.24, 2.45) is 0 Å². The van der Waals surface area contributed by atoms with Crippen LogP contribution in [0.25, 0.3) is 0 Å². The van der Waals surface area contributed by atoms with Crippen molar-refractivity contribution < 1.29 is 4.74 Å². The second-order valence-electron chi connectivity index (χ2n) is 3.72. The molecule has 1 aliphatic heterocycles. The molecule has 0 aliphatic carbocycles. The molecule has 5 heteroatoms. The van der Waals surface area contributed by atoms with Crippen molar-refractivity contribution in [1.29, 1.82) is 0 Å². The van der Waals surface area contributed by atoms with E-state index in [1.54, 1.807) is 0 Å². The Morgan fingerprint density at radius 2 is 2.20 bits per heavy atom. The Balaban J connectivity index is 2.03. The summed E-state index contributed by atoms with van der Waals surface area (Å²) in [4.78, 5) is 10.6. The van der Waals surface area contributed by atoms with E-state index in [9.17, 15) is 0 Å². The second kappa shape index (κ2) is 4.55. The molecule has 0 atom stereocenters. The summed E-state index contributed by atoms with van der Waals surface area (Å²) in [5.74, 6) is 1.31. The predicted octanol–water partition coefficient (Wildman–Crippen LogP) is 0.199. The molecule has 0 spiro atoms. The molecule has 15 heavy (non-hydrogen) atoms. The van der Waals surface area contributed by atoms with Gasteiger partial charge in [-0.05, 0) is 6.92 Å². The highest BCUT2D eigenvalue weighted by Crippen LogP contribution is 2.11. The van der Waals surface area contributed by atoms with Gasteiger partial charge >= 0.3 is 0 Å². The number of nitrogens with two attached hydrogens (primary N) is 1. The molecule has 0 saturated carbocycles. The Bertz CT molecular complexity index is 336. The number of aryl methyl sites for hydroxylation is 1. The van der Waals surface area contributed by atoms with E-state index in [0.29, 0.717) is 5.82 Å². The van der Waals surface area contributed by atoms with Crippen LogP contribution < -0.4 is 5.73 Å². The zero-order valence-electron chi connectivity index (χ0n) is 8.94. The van der Waals surface area contributed by atoms with Gasteiger partial charge in [0.2, 0.25) is 0 Å². The Hall–Kier alpha value is -1.20. The largest absolute Gasteiger partial charge is 0.383 e. The maximum atomic E-state index is 5.83. The highest BCUT2D eigenvalue weighted by Gasteiger charge is 2.12. The highest BCUT2D eigenvalue weighted by atomic mass is 16.5. The molecule has 0 radical (unpaired) electrons. The number of morpholine rings is 1. The number of nitrogen functional groups attached to an aromatic ring is 1. The molecule has 5 nitrogen and oxygen atoms in total. The molecule has 0 unspecified atom stereocenters. The van der Waals surface area contributed by atoms with Gasteiger partial charge in [-0.25, -0.2) is 9.97 Å². The molecule has 2 N–H and O–H groups in total. The van der Waals surface area contributed by atoms with Crippen molar-refractivity contribution in [1.82, 2.24) is 14.9 Å². The molecule has 0 amide bonds. The zero-order valence-corrected chi connectivity index (χ0v) is 8.94. The van der Waals surface area contributed by atoms with Gasteiger partial charge < -0.3 is 10.5 Å². The summed E-state index contributed by atoms with van der Waals surface area (Å²) in [7, 11) is 0. The van der Waals surface area contributed by atoms with Crippen molar-refractivity contribution in [3.63, 3.8) is 0 Å². The van der Waals surface area contributed by atoms with E-state index >= 15 is 0 Å². The van der Waals surface area contributed by atoms with Crippen LogP contribution in [0.15, 0.2) is 6.20 Å². The maximum absolute atomic E-state index is 5.83. The molecule has 2 rings (SSSR count). The van der Waals surface area contributed by atoms with Crippen LogP contribution >= 0.6 is 0 Å². The van der Waals surface area contributed by atoms with Crippen molar-refractivity contribution in [2.45, 2.75) is 13.5 Å². The number of nitrogens with zero attached hydrogens (tertiary/aromatic N) is 3. The fraction of sp³-hybridized carbons (Fsp3) is 0.600. The average Bonchev–Trinajstić information content (AvgIpc) is 2.24. The van der Waals surface area contributed by atoms with Crippen LogP contribution in [0, 0.1) is 6.92 Å². The molecule has 1 aliphatic rings. The standard InChI is InChI=1S/C10H16N4O/c1-8-12-6-9(10(11)13-8)7-14-2-4-15-5-3-14/h6H,2-5,7H2,1H3,(H2,11,12,13). The first-order chi connectivity index (χ1) is 7.25. The molecule has 1 aromatic rings. The van der Waals surface area contributed by atoms with Gasteiger partial charge in [-0.3, -0.25) is 4.90 Å². The van der Waals surface area contributed by atoms with Gasteiger partial charge in [0.15, 0.2) is 0 Å². The first-order valence-corrected chi connectivity index (χ1v) is 5.14. The topological polar surface area (TPSA) is 64.3 Å². The number of anilines is 1. The van der Waals surface area contributed by atoms with Crippen LogP contribution in [0.1, 0.15) is 11.4 Å². The molecule has 1 aromatic heterocycles. The van der Waals surface area contributed by atoms with Gasteiger partial charge in [0, 0.05) is 31.4 Å². The van der Waals surface area contributed by atoms with E-state index in [0.717, 1.165) is 44.2 Å². The van der Waals surface area contributed by atoms with E-state index in [1.807, 2.05) is 13.1 Å². The van der Waals surface area contributed by atoms with E-state index in [1.165, 1.54) is 0 Å². The van der Waals surface area contributed by atoms with E-state index in [4.69, 9.17) is 10.5 Å². The Kier molecular flexibility index (Phi) is 3.13. The number of aromatic nitrogens is 2. The van der Waals surface area contributed by atoms with Crippen LogP contribution in [0.4, 0.5) is 5.82 Å². The molecule has 2 heterocycles. The third-order valence-corrected chi connectivity index (χ3v) is 2.52. The SMILES string of the molecule is Cc1ncc(CN2CCOCC2)c(N)n1. The van der Waals surface area contributed by atoms with Crippen molar-refractivity contribution >= 4 is 5.82 Å². The van der Waals surface area contributed by atoms with Crippen molar-refractivity contribution in [3.8, 4) is 0 Å². The number of hydrogen-bond acceptors (Lipinski definition) is 5. The fourth-order valence-corrected chi connectivity index (χ4v) is 1.63. The summed E-state index contributed by atoms with van der Waals surface area (Å²) in [5.41, 5.74) is 6.83. The Labute approximate surface area is 89.3 Å². The Morgan fingerprint density at radius 1 is 1.47 bits per heavy atom. The van der Waals surface area contributed by atoms with Crippen LogP contribution in [0.2, 0.25) is 0 Å². The maximum Gasteiger partial charge on any atom is 0.131 e.